The van der Waals surface area contributed by atoms with E-state index in [1.54, 1.807) is 0 Å². The highest BCUT2D eigenvalue weighted by Crippen LogP contribution is 2.19. The number of hydrogen-bond donors (Lipinski definition) is 0. The number of hydrogen-bond acceptors (Lipinski definition) is 4. The van der Waals surface area contributed by atoms with Crippen LogP contribution in [0.3, 0.4) is 0 Å². The van der Waals surface area contributed by atoms with Crippen LogP contribution in [0.25, 0.3) is 0 Å². The first-order valence-corrected chi connectivity index (χ1v) is 8.16. The summed E-state index contributed by atoms with van der Waals surface area (Å²) < 4.78 is 10.5. The summed E-state index contributed by atoms with van der Waals surface area (Å²) in [7, 11) is 0. The molecule has 0 radical (unpaired) electrons. The smallest absolute Gasteiger partial charge is 0.410 e. The summed E-state index contributed by atoms with van der Waals surface area (Å²) in [6.45, 7) is 7.48. The average Bonchev–Trinajstić information content (AvgIpc) is 2.49. The highest BCUT2D eigenvalue weighted by Gasteiger charge is 2.34. The Bertz CT molecular complexity index is 330. The van der Waals surface area contributed by atoms with Crippen LogP contribution < -0.4 is 0 Å². The molecule has 122 valence electrons. The largest absolute Gasteiger partial charge is 0.464 e. The van der Waals surface area contributed by atoms with Crippen molar-refractivity contribution in [2.24, 2.45) is 5.92 Å². The minimum Gasteiger partial charge on any atom is -0.464 e. The number of amides is 1. The molecular weight excluding hydrogens is 270 g/mol. The Kier molecular flexibility index (Phi) is 8.16. The molecule has 0 aromatic heterocycles. The van der Waals surface area contributed by atoms with E-state index >= 15 is 0 Å². The number of nitrogens with zero attached hydrogens (tertiary/aromatic N) is 1. The van der Waals surface area contributed by atoms with Crippen LogP contribution in [-0.2, 0) is 14.3 Å². The number of rotatable bonds is 7. The lowest BCUT2D eigenvalue weighted by molar-refractivity contribution is -0.150. The van der Waals surface area contributed by atoms with Gasteiger partial charge in [0.2, 0.25) is 0 Å². The van der Waals surface area contributed by atoms with Gasteiger partial charge in [0, 0.05) is 6.54 Å². The summed E-state index contributed by atoms with van der Waals surface area (Å²) in [6.07, 6.45) is 5.17. The van der Waals surface area contributed by atoms with Crippen LogP contribution in [-0.4, -0.2) is 42.8 Å². The van der Waals surface area contributed by atoms with Crippen molar-refractivity contribution in [2.45, 2.75) is 65.3 Å². The summed E-state index contributed by atoms with van der Waals surface area (Å²) >= 11 is 0. The third-order valence-electron chi connectivity index (χ3n) is 3.54. The van der Waals surface area contributed by atoms with Crippen molar-refractivity contribution in [3.05, 3.63) is 0 Å². The van der Waals surface area contributed by atoms with Gasteiger partial charge in [-0.15, -0.1) is 0 Å². The van der Waals surface area contributed by atoms with Crippen molar-refractivity contribution in [2.75, 3.05) is 19.8 Å². The molecule has 1 heterocycles. The van der Waals surface area contributed by atoms with Crippen molar-refractivity contribution in [3.63, 3.8) is 0 Å². The number of piperidine rings is 1. The third-order valence-corrected chi connectivity index (χ3v) is 3.54. The molecule has 1 amide bonds. The fourth-order valence-electron chi connectivity index (χ4n) is 2.34. The maximum atomic E-state index is 12.1. The van der Waals surface area contributed by atoms with Crippen LogP contribution in [0.1, 0.15) is 59.3 Å². The molecule has 5 heteroatoms. The quantitative estimate of drug-likeness (QED) is 0.534. The van der Waals surface area contributed by atoms with E-state index in [0.29, 0.717) is 26.2 Å². The number of ether oxygens (including phenoxy) is 2. The molecule has 0 bridgehead atoms. The molecule has 1 atom stereocenters. The van der Waals surface area contributed by atoms with E-state index in [1.165, 1.54) is 4.90 Å². The van der Waals surface area contributed by atoms with Gasteiger partial charge in [0.25, 0.3) is 0 Å². The van der Waals surface area contributed by atoms with Crippen molar-refractivity contribution in [1.29, 1.82) is 0 Å². The normalized spacial score (nSPS) is 18.7. The van der Waals surface area contributed by atoms with E-state index in [4.69, 9.17) is 9.47 Å². The predicted molar refractivity (Wildman–Crippen MR) is 81.0 cm³/mol. The molecule has 0 saturated carbocycles. The topological polar surface area (TPSA) is 55.8 Å². The molecule has 1 aliphatic rings. The first-order valence-electron chi connectivity index (χ1n) is 8.16. The Morgan fingerprint density at radius 1 is 1.19 bits per heavy atom. The molecule has 21 heavy (non-hydrogen) atoms. The number of unbranched alkanes of at least 4 members (excludes halogenated alkanes) is 2. The second kappa shape index (κ2) is 9.64. The van der Waals surface area contributed by atoms with Crippen LogP contribution in [0.4, 0.5) is 4.79 Å². The first kappa shape index (κ1) is 17.8. The molecule has 0 aromatic carbocycles. The van der Waals surface area contributed by atoms with Gasteiger partial charge in [0.1, 0.15) is 6.04 Å². The van der Waals surface area contributed by atoms with Gasteiger partial charge in [-0.1, -0.05) is 33.6 Å². The molecule has 1 rings (SSSR count). The van der Waals surface area contributed by atoms with Crippen LogP contribution >= 0.6 is 0 Å². The summed E-state index contributed by atoms with van der Waals surface area (Å²) in [5.41, 5.74) is 0. The van der Waals surface area contributed by atoms with E-state index < -0.39 is 6.04 Å². The monoisotopic (exact) mass is 299 g/mol. The Labute approximate surface area is 128 Å². The van der Waals surface area contributed by atoms with Crippen LogP contribution in [0, 0.1) is 5.92 Å². The minimum atomic E-state index is -0.472. The number of carbonyl (C=O) groups excluding carboxylic acids is 2. The van der Waals surface area contributed by atoms with Crippen LogP contribution in [0.5, 0.6) is 0 Å². The van der Waals surface area contributed by atoms with Crippen LogP contribution in [0.2, 0.25) is 0 Å². The van der Waals surface area contributed by atoms with Gasteiger partial charge in [0.15, 0.2) is 0 Å². The van der Waals surface area contributed by atoms with Gasteiger partial charge in [-0.3, -0.25) is 4.90 Å². The second-order valence-electron chi connectivity index (χ2n) is 6.05. The van der Waals surface area contributed by atoms with Crippen molar-refractivity contribution < 1.29 is 19.1 Å². The summed E-state index contributed by atoms with van der Waals surface area (Å²) in [4.78, 5) is 25.8. The zero-order valence-corrected chi connectivity index (χ0v) is 13.6. The number of likely N-dealkylation sites (tertiary alicyclic amines) is 1. The van der Waals surface area contributed by atoms with E-state index in [9.17, 15) is 9.59 Å². The molecule has 1 aliphatic heterocycles. The van der Waals surface area contributed by atoms with Crippen molar-refractivity contribution in [1.82, 2.24) is 4.90 Å². The standard InChI is InChI=1S/C16H29NO4/c1-4-5-8-11-20-15(18)14-9-6-7-10-17(14)16(19)21-12-13(2)3/h13-14H,4-12H2,1-3H3. The SMILES string of the molecule is CCCCCOC(=O)C1CCCCN1C(=O)OCC(C)C. The van der Waals surface area contributed by atoms with E-state index in [0.717, 1.165) is 32.1 Å². The van der Waals surface area contributed by atoms with Gasteiger partial charge >= 0.3 is 12.1 Å². The highest BCUT2D eigenvalue weighted by atomic mass is 16.6. The van der Waals surface area contributed by atoms with Crippen molar-refractivity contribution >= 4 is 12.1 Å². The van der Waals surface area contributed by atoms with Crippen molar-refractivity contribution in [3.8, 4) is 0 Å². The lowest BCUT2D eigenvalue weighted by atomic mass is 10.0. The highest BCUT2D eigenvalue weighted by molar-refractivity contribution is 5.81. The summed E-state index contributed by atoms with van der Waals surface area (Å²) in [5, 5.41) is 0. The van der Waals surface area contributed by atoms with Crippen LogP contribution in [0.15, 0.2) is 0 Å². The Morgan fingerprint density at radius 2 is 1.95 bits per heavy atom. The van der Waals surface area contributed by atoms with Gasteiger partial charge in [0.05, 0.1) is 13.2 Å². The third kappa shape index (κ3) is 6.36. The van der Waals surface area contributed by atoms with Gasteiger partial charge in [-0.05, 0) is 31.6 Å². The minimum absolute atomic E-state index is 0.285. The zero-order valence-electron chi connectivity index (χ0n) is 13.6. The molecule has 0 N–H and O–H groups in total. The van der Waals surface area contributed by atoms with E-state index in [1.807, 2.05) is 13.8 Å². The maximum absolute atomic E-state index is 12.1. The zero-order chi connectivity index (χ0) is 15.7. The number of carbonyl (C=O) groups is 2. The van der Waals surface area contributed by atoms with Gasteiger partial charge < -0.3 is 9.47 Å². The fourth-order valence-corrected chi connectivity index (χ4v) is 2.34. The second-order valence-corrected chi connectivity index (χ2v) is 6.05. The van der Waals surface area contributed by atoms with Gasteiger partial charge in [-0.2, -0.15) is 0 Å². The Morgan fingerprint density at radius 3 is 2.62 bits per heavy atom. The molecule has 0 spiro atoms. The predicted octanol–water partition coefficient (Wildman–Crippen LogP) is 3.37. The molecule has 1 unspecified atom stereocenters. The maximum Gasteiger partial charge on any atom is 0.410 e. The fraction of sp³-hybridized carbons (Fsp3) is 0.875. The summed E-state index contributed by atoms with van der Waals surface area (Å²) in [6, 6.07) is -0.472. The van der Waals surface area contributed by atoms with E-state index in [-0.39, 0.29) is 18.0 Å². The lowest BCUT2D eigenvalue weighted by Gasteiger charge is -2.33. The Hall–Kier alpha value is -1.26. The molecule has 0 aliphatic carbocycles. The molecule has 0 aromatic rings. The summed E-state index contributed by atoms with van der Waals surface area (Å²) in [5.74, 6) is 0.00508. The van der Waals surface area contributed by atoms with E-state index in [2.05, 4.69) is 6.92 Å². The molecule has 1 saturated heterocycles. The lowest BCUT2D eigenvalue weighted by Crippen LogP contribution is -2.49. The average molecular weight is 299 g/mol. The molecular formula is C16H29NO4. The first-order chi connectivity index (χ1) is 10.1. The molecule has 1 fully saturated rings. The number of esters is 1. The molecule has 5 nitrogen and oxygen atoms in total. The van der Waals surface area contributed by atoms with Gasteiger partial charge in [-0.25, -0.2) is 9.59 Å². The Balaban J connectivity index is 2.47.